The van der Waals surface area contributed by atoms with Crippen LogP contribution in [0.25, 0.3) is 0 Å². The van der Waals surface area contributed by atoms with E-state index in [1.807, 2.05) is 24.3 Å². The number of aliphatic hydroxyl groups excluding tert-OH is 1. The fourth-order valence-electron chi connectivity index (χ4n) is 4.23. The van der Waals surface area contributed by atoms with Gasteiger partial charge in [-0.2, -0.15) is 0 Å². The molecule has 0 unspecified atom stereocenters. The highest BCUT2D eigenvalue weighted by atomic mass is 16.4. The first-order valence-corrected chi connectivity index (χ1v) is 8.58. The van der Waals surface area contributed by atoms with E-state index in [1.165, 1.54) is 5.56 Å². The van der Waals surface area contributed by atoms with Crippen molar-refractivity contribution in [2.24, 2.45) is 5.92 Å². The first-order chi connectivity index (χ1) is 12.1. The number of fused-ring (bicyclic) bond motifs is 3. The lowest BCUT2D eigenvalue weighted by Gasteiger charge is -2.39. The van der Waals surface area contributed by atoms with Crippen LogP contribution in [0, 0.1) is 12.8 Å². The quantitative estimate of drug-likeness (QED) is 0.847. The Kier molecular flexibility index (Phi) is 3.85. The molecule has 2 N–H and O–H groups in total. The van der Waals surface area contributed by atoms with E-state index >= 15 is 0 Å². The molecule has 1 heterocycles. The smallest absolute Gasteiger partial charge is 0.0715 e. The molecule has 0 saturated carbocycles. The number of aryl methyl sites for hydroxylation is 1. The number of carboxylic acids is 1. The molecule has 0 bridgehead atoms. The van der Waals surface area contributed by atoms with Crippen molar-refractivity contribution < 1.29 is 15.0 Å². The molecule has 0 saturated heterocycles. The number of benzene rings is 2. The van der Waals surface area contributed by atoms with Gasteiger partial charge in [0.15, 0.2) is 0 Å². The predicted molar refractivity (Wildman–Crippen MR) is 94.2 cm³/mol. The van der Waals surface area contributed by atoms with Crippen molar-refractivity contribution in [2.45, 2.75) is 31.9 Å². The summed E-state index contributed by atoms with van der Waals surface area (Å²) in [6, 6.07) is 11.1. The van der Waals surface area contributed by atoms with Crippen molar-refractivity contribution in [3.8, 4) is 0 Å². The minimum atomic E-state index is -1.16. The van der Waals surface area contributed by atoms with Crippen LogP contribution in [0.4, 0.5) is 5.69 Å². The Balaban J connectivity index is 1.78. The van der Waals surface area contributed by atoms with Gasteiger partial charge in [-0.1, -0.05) is 48.6 Å². The molecule has 0 fully saturated rings. The van der Waals surface area contributed by atoms with Crippen molar-refractivity contribution in [1.82, 2.24) is 0 Å². The molecule has 0 radical (unpaired) electrons. The number of nitrogens with one attached hydrogen (secondary N) is 1. The number of hydrogen-bond donors (Lipinski definition) is 2. The molecule has 4 nitrogen and oxygen atoms in total. The van der Waals surface area contributed by atoms with Gasteiger partial charge in [-0.05, 0) is 47.1 Å². The van der Waals surface area contributed by atoms with Gasteiger partial charge in [-0.25, -0.2) is 0 Å². The molecule has 2 aromatic carbocycles. The Hall–Kier alpha value is -2.59. The third-order valence-corrected chi connectivity index (χ3v) is 5.49. The highest BCUT2D eigenvalue weighted by Gasteiger charge is 2.39. The Labute approximate surface area is 146 Å². The molecule has 2 aromatic rings. The number of rotatable bonds is 3. The second-order valence-electron chi connectivity index (χ2n) is 6.87. The number of aromatic carboxylic acids is 1. The summed E-state index contributed by atoms with van der Waals surface area (Å²) >= 11 is 0. The summed E-state index contributed by atoms with van der Waals surface area (Å²) in [6.45, 7) is 2.11. The summed E-state index contributed by atoms with van der Waals surface area (Å²) < 4.78 is 0. The van der Waals surface area contributed by atoms with Crippen LogP contribution < -0.4 is 10.4 Å². The van der Waals surface area contributed by atoms with Crippen LogP contribution >= 0.6 is 0 Å². The van der Waals surface area contributed by atoms with Gasteiger partial charge < -0.3 is 20.3 Å². The average molecular weight is 334 g/mol. The van der Waals surface area contributed by atoms with Gasteiger partial charge in [-0.15, -0.1) is 0 Å². The molecule has 0 spiro atoms. The van der Waals surface area contributed by atoms with Crippen molar-refractivity contribution in [1.29, 1.82) is 0 Å². The van der Waals surface area contributed by atoms with Crippen LogP contribution in [0.2, 0.25) is 0 Å². The Morgan fingerprint density at radius 2 is 2.00 bits per heavy atom. The number of allylic oxidation sites excluding steroid dienone is 2. The van der Waals surface area contributed by atoms with Crippen LogP contribution in [0.15, 0.2) is 48.6 Å². The minimum Gasteiger partial charge on any atom is -0.545 e. The summed E-state index contributed by atoms with van der Waals surface area (Å²) in [4.78, 5) is 11.0. The monoisotopic (exact) mass is 334 g/mol. The Morgan fingerprint density at radius 1 is 1.24 bits per heavy atom. The first kappa shape index (κ1) is 15.9. The number of anilines is 1. The highest BCUT2D eigenvalue weighted by molar-refractivity contribution is 5.85. The van der Waals surface area contributed by atoms with Crippen molar-refractivity contribution in [2.75, 3.05) is 5.32 Å². The zero-order chi connectivity index (χ0) is 17.6. The molecule has 4 rings (SSSR count). The maximum absolute atomic E-state index is 11.0. The van der Waals surface area contributed by atoms with Crippen LogP contribution in [0.1, 0.15) is 51.0 Å². The zero-order valence-corrected chi connectivity index (χ0v) is 14.0. The van der Waals surface area contributed by atoms with E-state index in [-0.39, 0.29) is 24.1 Å². The van der Waals surface area contributed by atoms with Gasteiger partial charge in [0, 0.05) is 11.6 Å². The summed E-state index contributed by atoms with van der Waals surface area (Å²) in [5.41, 5.74) is 5.68. The van der Waals surface area contributed by atoms with Crippen molar-refractivity contribution >= 4 is 11.7 Å². The second kappa shape index (κ2) is 6.05. The van der Waals surface area contributed by atoms with Gasteiger partial charge in [-0.3, -0.25) is 0 Å². The normalized spacial score (nSPS) is 23.7. The summed E-state index contributed by atoms with van der Waals surface area (Å²) in [7, 11) is 0. The molecule has 0 amide bonds. The second-order valence-corrected chi connectivity index (χ2v) is 6.87. The predicted octanol–water partition coefficient (Wildman–Crippen LogP) is 2.68. The Bertz CT molecular complexity index is 854. The fourth-order valence-corrected chi connectivity index (χ4v) is 4.23. The number of aliphatic hydroxyl groups is 1. The van der Waals surface area contributed by atoms with Crippen LogP contribution in [0.5, 0.6) is 0 Å². The molecule has 128 valence electrons. The third kappa shape index (κ3) is 2.53. The highest BCUT2D eigenvalue weighted by Crippen LogP contribution is 2.51. The molecule has 2 aliphatic rings. The number of carbonyl (C=O) groups is 1. The Morgan fingerprint density at radius 3 is 2.68 bits per heavy atom. The first-order valence-electron chi connectivity index (χ1n) is 8.58. The van der Waals surface area contributed by atoms with E-state index in [1.54, 1.807) is 12.1 Å². The van der Waals surface area contributed by atoms with Gasteiger partial charge in [0.25, 0.3) is 0 Å². The minimum absolute atomic E-state index is 0.0341. The van der Waals surface area contributed by atoms with Crippen molar-refractivity contribution in [3.63, 3.8) is 0 Å². The molecule has 0 aromatic heterocycles. The maximum Gasteiger partial charge on any atom is 0.0715 e. The van der Waals surface area contributed by atoms with Gasteiger partial charge in [0.05, 0.1) is 18.6 Å². The van der Waals surface area contributed by atoms with Gasteiger partial charge >= 0.3 is 0 Å². The summed E-state index contributed by atoms with van der Waals surface area (Å²) in [5.74, 6) is -0.533. The van der Waals surface area contributed by atoms with Crippen LogP contribution in [-0.4, -0.2) is 11.1 Å². The fraction of sp³-hybridized carbons (Fsp3) is 0.286. The third-order valence-electron chi connectivity index (χ3n) is 5.49. The maximum atomic E-state index is 11.0. The molecule has 1 aliphatic carbocycles. The lowest BCUT2D eigenvalue weighted by Crippen LogP contribution is -2.30. The van der Waals surface area contributed by atoms with E-state index in [4.69, 9.17) is 0 Å². The molecule has 1 aliphatic heterocycles. The van der Waals surface area contributed by atoms with Gasteiger partial charge in [0.2, 0.25) is 0 Å². The molecule has 4 heteroatoms. The lowest BCUT2D eigenvalue weighted by atomic mass is 9.75. The SMILES string of the molecule is Cc1ccc(CO)c2c1N[C@H](c1ccc(C(=O)[O-])cc1)[C@H]1CC=C[C@H]21. The molecule has 3 atom stereocenters. The number of hydrogen-bond acceptors (Lipinski definition) is 4. The van der Waals surface area contributed by atoms with Gasteiger partial charge in [0.1, 0.15) is 0 Å². The van der Waals surface area contributed by atoms with E-state index in [2.05, 4.69) is 24.4 Å². The molecular weight excluding hydrogens is 314 g/mol. The topological polar surface area (TPSA) is 72.4 Å². The molecular formula is C21H20NO3-. The average Bonchev–Trinajstić information content (AvgIpc) is 3.11. The van der Waals surface area contributed by atoms with E-state index < -0.39 is 5.97 Å². The van der Waals surface area contributed by atoms with E-state index in [9.17, 15) is 15.0 Å². The van der Waals surface area contributed by atoms with E-state index in [0.717, 1.165) is 28.8 Å². The largest absolute Gasteiger partial charge is 0.545 e. The number of carboxylic acid groups (broad SMARTS) is 1. The standard InChI is InChI=1S/C21H21NO3/c1-12-5-6-15(11-23)18-16-3-2-4-17(16)20(22-19(12)18)13-7-9-14(10-8-13)21(24)25/h2-3,5-10,16-17,20,22-23H,4,11H2,1H3,(H,24,25)/p-1/t16-,17-,20+/m0/s1. The van der Waals surface area contributed by atoms with Crippen LogP contribution in [-0.2, 0) is 6.61 Å². The van der Waals surface area contributed by atoms with E-state index in [0.29, 0.717) is 5.92 Å². The zero-order valence-electron chi connectivity index (χ0n) is 14.0. The number of carbonyl (C=O) groups excluding carboxylic acids is 1. The molecule has 25 heavy (non-hydrogen) atoms. The summed E-state index contributed by atoms with van der Waals surface area (Å²) in [5, 5.41) is 24.4. The van der Waals surface area contributed by atoms with Crippen molar-refractivity contribution in [3.05, 3.63) is 76.4 Å². The summed E-state index contributed by atoms with van der Waals surface area (Å²) in [6.07, 6.45) is 5.41. The lowest BCUT2D eigenvalue weighted by molar-refractivity contribution is -0.255. The van der Waals surface area contributed by atoms with Crippen LogP contribution in [0.3, 0.4) is 0 Å².